The average Bonchev–Trinajstić information content (AvgIpc) is 2.87. The van der Waals surface area contributed by atoms with Crippen molar-refractivity contribution in [3.05, 3.63) is 58.8 Å². The summed E-state index contributed by atoms with van der Waals surface area (Å²) in [5.74, 6) is 0.198. The second-order valence-electron chi connectivity index (χ2n) is 4.26. The first-order valence-electron chi connectivity index (χ1n) is 6.07. The average molecular weight is 282 g/mol. The van der Waals surface area contributed by atoms with Crippen LogP contribution in [0.4, 0.5) is 0 Å². The molecule has 1 aromatic heterocycles. The maximum atomic E-state index is 11.3. The van der Waals surface area contributed by atoms with Crippen LogP contribution in [0.2, 0.25) is 0 Å². The summed E-state index contributed by atoms with van der Waals surface area (Å²) in [4.78, 5) is 0.340. The van der Waals surface area contributed by atoms with Crippen molar-refractivity contribution in [2.45, 2.75) is 0 Å². The van der Waals surface area contributed by atoms with Crippen molar-refractivity contribution in [1.29, 1.82) is 0 Å². The van der Waals surface area contributed by atoms with Crippen LogP contribution in [-0.4, -0.2) is 22.7 Å². The molecular formula is C14H10N4O3. The second-order valence-corrected chi connectivity index (χ2v) is 4.26. The Hall–Kier alpha value is -3.22. The first-order valence-corrected chi connectivity index (χ1v) is 6.07. The summed E-state index contributed by atoms with van der Waals surface area (Å²) in [5.41, 5.74) is 2.34. The van der Waals surface area contributed by atoms with Crippen molar-refractivity contribution < 1.29 is 14.6 Å². The van der Waals surface area contributed by atoms with Crippen molar-refractivity contribution in [3.8, 4) is 5.75 Å². The van der Waals surface area contributed by atoms with Gasteiger partial charge in [-0.2, -0.15) is 10.2 Å². The Morgan fingerprint density at radius 3 is 2.48 bits per heavy atom. The van der Waals surface area contributed by atoms with E-state index >= 15 is 0 Å². The van der Waals surface area contributed by atoms with E-state index in [1.807, 2.05) is 0 Å². The van der Waals surface area contributed by atoms with Crippen LogP contribution < -0.4 is 4.90 Å². The van der Waals surface area contributed by atoms with Crippen molar-refractivity contribution >= 4 is 23.5 Å². The van der Waals surface area contributed by atoms with Gasteiger partial charge in [0.05, 0.1) is 12.4 Å². The summed E-state index contributed by atoms with van der Waals surface area (Å²) in [6, 6.07) is 11.6. The number of hydrogen-bond donors (Lipinski definition) is 1. The molecule has 0 radical (unpaired) electrons. The van der Waals surface area contributed by atoms with E-state index < -0.39 is 0 Å². The normalized spacial score (nSPS) is 11.8. The number of phenolic OH excluding ortho intramolecular Hbond substituents is 1. The molecule has 0 saturated carbocycles. The minimum absolute atomic E-state index is 0.198. The van der Waals surface area contributed by atoms with Crippen molar-refractivity contribution in [2.75, 3.05) is 0 Å². The fourth-order valence-corrected chi connectivity index (χ4v) is 1.73. The van der Waals surface area contributed by atoms with Crippen LogP contribution in [-0.2, 0) is 0 Å². The van der Waals surface area contributed by atoms with Gasteiger partial charge in [0.25, 0.3) is 0 Å². The minimum atomic E-state index is 0.198. The Morgan fingerprint density at radius 2 is 1.71 bits per heavy atom. The number of aromatic hydroxyl groups is 1. The predicted molar refractivity (Wildman–Crippen MR) is 76.3 cm³/mol. The molecule has 104 valence electrons. The molecule has 0 fully saturated rings. The van der Waals surface area contributed by atoms with Crippen LogP contribution in [0.5, 0.6) is 5.75 Å². The number of hydrogen-bond acceptors (Lipinski definition) is 6. The smallest absolute Gasteiger partial charge is 0.248 e. The summed E-state index contributed by atoms with van der Waals surface area (Å²) in [7, 11) is 0. The predicted octanol–water partition coefficient (Wildman–Crippen LogP) is 1.62. The topological polar surface area (TPSA) is 97.9 Å². The van der Waals surface area contributed by atoms with E-state index in [-0.39, 0.29) is 5.75 Å². The molecule has 2 aromatic carbocycles. The fraction of sp³-hybridized carbons (Fsp3) is 0. The molecule has 7 nitrogen and oxygen atoms in total. The number of fused-ring (bicyclic) bond motifs is 1. The molecule has 0 aliphatic heterocycles. The number of aromatic nitrogens is 2. The molecule has 0 unspecified atom stereocenters. The van der Waals surface area contributed by atoms with Crippen molar-refractivity contribution in [1.82, 2.24) is 5.16 Å². The highest BCUT2D eigenvalue weighted by molar-refractivity contribution is 5.86. The number of nitrogens with zero attached hydrogens (tertiary/aromatic N) is 4. The summed E-state index contributed by atoms with van der Waals surface area (Å²) >= 11 is 0. The third kappa shape index (κ3) is 2.86. The lowest BCUT2D eigenvalue weighted by molar-refractivity contribution is -0.782. The van der Waals surface area contributed by atoms with Crippen LogP contribution in [0.1, 0.15) is 11.1 Å². The highest BCUT2D eigenvalue weighted by atomic mass is 16.8. The first kappa shape index (κ1) is 12.8. The molecule has 3 rings (SSSR count). The van der Waals surface area contributed by atoms with Gasteiger partial charge in [0.2, 0.25) is 11.0 Å². The lowest BCUT2D eigenvalue weighted by Crippen LogP contribution is -2.22. The maximum absolute atomic E-state index is 11.3. The quantitative estimate of drug-likeness (QED) is 0.448. The van der Waals surface area contributed by atoms with Gasteiger partial charge in [0.1, 0.15) is 5.75 Å². The molecular weight excluding hydrogens is 272 g/mol. The fourth-order valence-electron chi connectivity index (χ4n) is 1.73. The zero-order valence-electron chi connectivity index (χ0n) is 10.7. The third-order valence-electron chi connectivity index (χ3n) is 2.78. The molecule has 7 heteroatoms. The summed E-state index contributed by atoms with van der Waals surface area (Å²) < 4.78 is 4.48. The van der Waals surface area contributed by atoms with Gasteiger partial charge in [-0.15, -0.1) is 0 Å². The summed E-state index contributed by atoms with van der Waals surface area (Å²) in [5, 5.41) is 31.8. The Bertz CT molecular complexity index is 822. The van der Waals surface area contributed by atoms with E-state index in [0.717, 1.165) is 5.56 Å². The van der Waals surface area contributed by atoms with Crippen molar-refractivity contribution in [3.63, 3.8) is 0 Å². The molecule has 0 aliphatic carbocycles. The molecule has 21 heavy (non-hydrogen) atoms. The van der Waals surface area contributed by atoms with Gasteiger partial charge in [-0.25, -0.2) is 0 Å². The highest BCUT2D eigenvalue weighted by Gasteiger charge is 2.08. The Labute approximate surface area is 119 Å². The van der Waals surface area contributed by atoms with Gasteiger partial charge in [0, 0.05) is 11.2 Å². The molecule has 1 heterocycles. The van der Waals surface area contributed by atoms with Crippen molar-refractivity contribution in [2.24, 2.45) is 10.2 Å². The van der Waals surface area contributed by atoms with Gasteiger partial charge in [-0.3, -0.25) is 4.63 Å². The molecule has 0 bridgehead atoms. The molecule has 0 aliphatic rings. The van der Waals surface area contributed by atoms with E-state index in [4.69, 9.17) is 5.11 Å². The van der Waals surface area contributed by atoms with Gasteiger partial charge in [-0.1, -0.05) is 0 Å². The van der Waals surface area contributed by atoms with E-state index in [1.54, 1.807) is 48.7 Å². The highest BCUT2D eigenvalue weighted by Crippen LogP contribution is 2.09. The Kier molecular flexibility index (Phi) is 3.30. The maximum Gasteiger partial charge on any atom is 0.248 e. The molecule has 0 saturated heterocycles. The van der Waals surface area contributed by atoms with Crippen LogP contribution in [0, 0.1) is 5.21 Å². The SMILES string of the molecule is [O-][n+]1onc2ccc(/C=N/N=C/c3ccc(O)cc3)cc21. The van der Waals surface area contributed by atoms with Gasteiger partial charge in [-0.05, 0) is 52.4 Å². The monoisotopic (exact) mass is 282 g/mol. The van der Waals surface area contributed by atoms with Crippen LogP contribution in [0.3, 0.4) is 0 Å². The van der Waals surface area contributed by atoms with Crippen LogP contribution in [0.25, 0.3) is 11.0 Å². The zero-order chi connectivity index (χ0) is 14.7. The molecule has 3 aromatic rings. The zero-order valence-corrected chi connectivity index (χ0v) is 10.7. The number of phenols is 1. The number of benzene rings is 2. The van der Waals surface area contributed by atoms with Crippen LogP contribution in [0.15, 0.2) is 57.3 Å². The van der Waals surface area contributed by atoms with E-state index in [2.05, 4.69) is 20.0 Å². The summed E-state index contributed by atoms with van der Waals surface area (Å²) in [6.45, 7) is 0. The largest absolute Gasteiger partial charge is 0.508 e. The van der Waals surface area contributed by atoms with E-state index in [0.29, 0.717) is 21.5 Å². The van der Waals surface area contributed by atoms with E-state index in [9.17, 15) is 5.21 Å². The first-order chi connectivity index (χ1) is 10.2. The Balaban J connectivity index is 1.75. The second kappa shape index (κ2) is 5.41. The summed E-state index contributed by atoms with van der Waals surface area (Å²) in [6.07, 6.45) is 3.07. The molecule has 0 atom stereocenters. The Morgan fingerprint density at radius 1 is 1.05 bits per heavy atom. The molecule has 0 amide bonds. The lowest BCUT2D eigenvalue weighted by Gasteiger charge is -1.92. The van der Waals surface area contributed by atoms with Gasteiger partial charge >= 0.3 is 0 Å². The van der Waals surface area contributed by atoms with Crippen LogP contribution >= 0.6 is 0 Å². The lowest BCUT2D eigenvalue weighted by atomic mass is 10.2. The van der Waals surface area contributed by atoms with Gasteiger partial charge < -0.3 is 10.3 Å². The third-order valence-corrected chi connectivity index (χ3v) is 2.78. The molecule has 1 N–H and O–H groups in total. The van der Waals surface area contributed by atoms with E-state index in [1.165, 1.54) is 6.21 Å². The minimum Gasteiger partial charge on any atom is -0.508 e. The standard InChI is InChI=1S/C14H10N4O3/c19-12-4-1-10(2-5-12)8-15-16-9-11-3-6-13-14(7-11)18(20)21-17-13/h1-9,19H/b15-8+,16-9+. The molecule has 0 spiro atoms. The van der Waals surface area contributed by atoms with Gasteiger partial charge in [0.15, 0.2) is 0 Å². The number of rotatable bonds is 3.